The summed E-state index contributed by atoms with van der Waals surface area (Å²) in [5.41, 5.74) is 0.709. The van der Waals surface area contributed by atoms with E-state index in [2.05, 4.69) is 22.0 Å². The Kier molecular flexibility index (Phi) is 8.92. The van der Waals surface area contributed by atoms with Crippen LogP contribution in [-0.2, 0) is 19.8 Å². The number of halogens is 4. The second kappa shape index (κ2) is 13.2. The van der Waals surface area contributed by atoms with Crippen molar-refractivity contribution in [2.24, 2.45) is 0 Å². The Labute approximate surface area is 285 Å². The normalized spacial score (nSPS) is 16.3. The van der Waals surface area contributed by atoms with E-state index in [0.717, 1.165) is 12.1 Å². The first-order valence-corrected chi connectivity index (χ1v) is 14.3. The van der Waals surface area contributed by atoms with Crippen molar-refractivity contribution < 1.29 is 37.4 Å². The molecule has 3 atom stereocenters. The van der Waals surface area contributed by atoms with Gasteiger partial charge in [-0.05, 0) is 48.5 Å². The molecule has 0 radical (unpaired) electrons. The molecule has 0 saturated heterocycles. The van der Waals surface area contributed by atoms with Crippen molar-refractivity contribution in [3.05, 3.63) is 194 Å². The van der Waals surface area contributed by atoms with Crippen molar-refractivity contribution in [1.82, 2.24) is 19.9 Å². The zero-order valence-corrected chi connectivity index (χ0v) is 27.0. The summed E-state index contributed by atoms with van der Waals surface area (Å²) in [6, 6.07) is 29.2. The number of aromatic nitrogens is 4. The molecule has 0 saturated carbocycles. The Morgan fingerprint density at radius 3 is 1.54 bits per heavy atom. The minimum absolute atomic E-state index is 0. The number of rotatable bonds is 3. The molecule has 6 aromatic rings. The summed E-state index contributed by atoms with van der Waals surface area (Å²) in [4.78, 5) is 22.4. The van der Waals surface area contributed by atoms with Gasteiger partial charge in [-0.25, -0.2) is 0 Å². The largest absolute Gasteiger partial charge is 2.00 e. The number of hydrogen-bond acceptors (Lipinski definition) is 5. The quantitative estimate of drug-likeness (QED) is 0.135. The predicted molar refractivity (Wildman–Crippen MR) is 161 cm³/mol. The summed E-state index contributed by atoms with van der Waals surface area (Å²) < 4.78 is 60.8. The van der Waals surface area contributed by atoms with E-state index in [1.807, 2.05) is 6.07 Å². The van der Waals surface area contributed by atoms with Crippen LogP contribution in [-0.4, -0.2) is 19.9 Å². The zero-order chi connectivity index (χ0) is 32.7. The fraction of sp³-hybridized carbons (Fsp3) is 0.0811. The third kappa shape index (κ3) is 5.53. The number of benzene rings is 2. The van der Waals surface area contributed by atoms with Crippen LogP contribution in [0.1, 0.15) is 74.3 Å². The molecule has 1 aliphatic rings. The van der Waals surface area contributed by atoms with Gasteiger partial charge in [-0.15, -0.1) is 17.2 Å². The maximum Gasteiger partial charge on any atom is 2.00 e. The number of pyridine rings is 4. The summed E-state index contributed by atoms with van der Waals surface area (Å²) in [5.74, 6) is -7.20. The van der Waals surface area contributed by atoms with Crippen molar-refractivity contribution >= 4 is 5.69 Å². The molecule has 5 heterocycles. The Morgan fingerprint density at radius 2 is 1.08 bits per heavy atom. The maximum absolute atomic E-state index is 15.9. The molecule has 2 aromatic carbocycles. The van der Waals surface area contributed by atoms with Gasteiger partial charge in [0.15, 0.2) is 0 Å². The van der Waals surface area contributed by atoms with Gasteiger partial charge in [0.1, 0.15) is 5.69 Å². The molecular formula is C37H18F4N6Os. The van der Waals surface area contributed by atoms with E-state index in [0.29, 0.717) is 28.5 Å². The van der Waals surface area contributed by atoms with Crippen LogP contribution < -0.4 is 0 Å². The van der Waals surface area contributed by atoms with Gasteiger partial charge >= 0.3 is 19.8 Å². The van der Waals surface area contributed by atoms with E-state index < -0.39 is 52.3 Å². The summed E-state index contributed by atoms with van der Waals surface area (Å²) >= 11 is 0. The minimum atomic E-state index is -1.12. The first-order chi connectivity index (χ1) is 22.9. The average molecular weight is 813 g/mol. The topological polar surface area (TPSA) is 79.7 Å². The molecule has 11 heteroatoms. The summed E-state index contributed by atoms with van der Waals surface area (Å²) in [6.45, 7) is 7.39. The smallest absolute Gasteiger partial charge is 0.297 e. The molecular weight excluding hydrogens is 795 g/mol. The maximum atomic E-state index is 15.9. The van der Waals surface area contributed by atoms with Gasteiger partial charge in [0.2, 0.25) is 0 Å². The van der Waals surface area contributed by atoms with Gasteiger partial charge in [-0.2, -0.15) is 23.5 Å². The molecule has 4 aromatic heterocycles. The minimum Gasteiger partial charge on any atom is -0.297 e. The van der Waals surface area contributed by atoms with E-state index in [1.165, 1.54) is 0 Å². The SMILES string of the molecule is [C-]#[N+]c1c(F)c[c-]c(C2c3cccc(n3)C(c3ccccn3)c3cccc(n3)C(c3[c-]cc(F)c(C#N)c3F)c3cccc2n3)c1F.[Os+2]. The number of nitrogens with zero attached hydrogens (tertiary/aromatic N) is 6. The fourth-order valence-corrected chi connectivity index (χ4v) is 5.91. The number of hydrogen-bond donors (Lipinski definition) is 0. The molecule has 0 fully saturated rings. The second-order valence-corrected chi connectivity index (χ2v) is 10.7. The van der Waals surface area contributed by atoms with Crippen LogP contribution in [0, 0.1) is 53.3 Å². The van der Waals surface area contributed by atoms with Gasteiger partial charge in [-0.3, -0.25) is 42.3 Å². The van der Waals surface area contributed by atoms with Crippen molar-refractivity contribution in [3.63, 3.8) is 0 Å². The first-order valence-electron chi connectivity index (χ1n) is 14.3. The van der Waals surface area contributed by atoms with Crippen LogP contribution in [0.5, 0.6) is 0 Å². The van der Waals surface area contributed by atoms with Crippen molar-refractivity contribution in [2.75, 3.05) is 0 Å². The van der Waals surface area contributed by atoms with E-state index in [1.54, 1.807) is 79.0 Å². The van der Waals surface area contributed by atoms with Crippen LogP contribution in [0.15, 0.2) is 91.1 Å². The van der Waals surface area contributed by atoms with Crippen LogP contribution in [0.2, 0.25) is 0 Å². The van der Waals surface area contributed by atoms with E-state index >= 15 is 8.78 Å². The average Bonchev–Trinajstić information content (AvgIpc) is 3.08. The van der Waals surface area contributed by atoms with Crippen LogP contribution in [0.3, 0.4) is 0 Å². The van der Waals surface area contributed by atoms with Gasteiger partial charge in [-0.1, -0.05) is 24.3 Å². The molecule has 1 aliphatic heterocycles. The van der Waals surface area contributed by atoms with Crippen LogP contribution in [0.25, 0.3) is 4.85 Å². The van der Waals surface area contributed by atoms with Crippen molar-refractivity contribution in [2.45, 2.75) is 17.8 Å². The first kappa shape index (κ1) is 32.3. The molecule has 6 bridgehead atoms. The van der Waals surface area contributed by atoms with Crippen molar-refractivity contribution in [3.8, 4) is 6.07 Å². The van der Waals surface area contributed by atoms with Crippen molar-refractivity contribution in [1.29, 1.82) is 5.26 Å². The van der Waals surface area contributed by atoms with Gasteiger partial charge < -0.3 is 0 Å². The Hall–Kier alpha value is -5.62. The molecule has 7 rings (SSSR count). The monoisotopic (exact) mass is 814 g/mol. The molecule has 0 amide bonds. The molecule has 48 heavy (non-hydrogen) atoms. The van der Waals surface area contributed by atoms with E-state index in [4.69, 9.17) is 21.5 Å². The molecule has 0 aliphatic carbocycles. The Balaban J connectivity index is 0.00000401. The second-order valence-electron chi connectivity index (χ2n) is 10.7. The molecule has 6 nitrogen and oxygen atoms in total. The molecule has 0 N–H and O–H groups in total. The number of fused-ring (bicyclic) bond motifs is 6. The predicted octanol–water partition coefficient (Wildman–Crippen LogP) is 7.70. The van der Waals surface area contributed by atoms with Crippen LogP contribution >= 0.6 is 0 Å². The Bertz CT molecular complexity index is 2130. The summed E-state index contributed by atoms with van der Waals surface area (Å²) in [7, 11) is 0. The molecule has 232 valence electrons. The van der Waals surface area contributed by atoms with Gasteiger partial charge in [0.25, 0.3) is 0 Å². The Morgan fingerprint density at radius 1 is 0.625 bits per heavy atom. The van der Waals surface area contributed by atoms with E-state index in [9.17, 15) is 14.0 Å². The molecule has 3 unspecified atom stereocenters. The van der Waals surface area contributed by atoms with Crippen LogP contribution in [0.4, 0.5) is 23.2 Å². The summed E-state index contributed by atoms with van der Waals surface area (Å²) in [5, 5.41) is 9.56. The number of nitriles is 1. The van der Waals surface area contributed by atoms with Gasteiger partial charge in [0.05, 0.1) is 58.4 Å². The van der Waals surface area contributed by atoms with E-state index in [-0.39, 0.29) is 42.3 Å². The zero-order valence-electron chi connectivity index (χ0n) is 24.4. The fourth-order valence-electron chi connectivity index (χ4n) is 5.91. The van der Waals surface area contributed by atoms with Gasteiger partial charge in [0, 0.05) is 46.9 Å². The third-order valence-electron chi connectivity index (χ3n) is 8.01. The third-order valence-corrected chi connectivity index (χ3v) is 8.01. The molecule has 0 spiro atoms. The summed E-state index contributed by atoms with van der Waals surface area (Å²) in [6.07, 6.45) is 1.63. The standard InChI is InChI=1S/C37H18F4N6.Os/c1-43-37-24(39)17-15-21(36(37)41)33-28-9-4-8-26(45-28)32(20-14-16-23(38)22(19-42)35(20)40)27-10-5-12-30(46-27)34(25-7-2-3-18-44-25)31-13-6-11-29(33)47-31;/h2-13,16-18,32-34H;/q-2;+2.